The first-order valence-corrected chi connectivity index (χ1v) is 12.6. The zero-order valence-corrected chi connectivity index (χ0v) is 20.6. The Morgan fingerprint density at radius 2 is 1.94 bits per heavy atom. The summed E-state index contributed by atoms with van der Waals surface area (Å²) < 4.78 is 2.08. The average molecular weight is 464 g/mol. The molecule has 1 amide bonds. The van der Waals surface area contributed by atoms with E-state index in [0.29, 0.717) is 11.8 Å². The smallest absolute Gasteiger partial charge is 0.233 e. The molecule has 0 aliphatic carbocycles. The van der Waals surface area contributed by atoms with E-state index in [9.17, 15) is 4.79 Å². The predicted molar refractivity (Wildman–Crippen MR) is 134 cm³/mol. The van der Waals surface area contributed by atoms with Crippen molar-refractivity contribution in [3.05, 3.63) is 71.8 Å². The molecule has 3 heterocycles. The largest absolute Gasteiger partial charge is 0.342 e. The van der Waals surface area contributed by atoms with Gasteiger partial charge in [0.1, 0.15) is 0 Å². The van der Waals surface area contributed by atoms with Crippen LogP contribution in [0.5, 0.6) is 0 Å². The van der Waals surface area contributed by atoms with E-state index in [-0.39, 0.29) is 5.91 Å². The molecule has 1 aliphatic heterocycles. The molecule has 0 saturated carbocycles. The van der Waals surface area contributed by atoms with Crippen molar-refractivity contribution >= 4 is 17.7 Å². The number of aryl methyl sites for hydroxylation is 2. The van der Waals surface area contributed by atoms with Gasteiger partial charge in [-0.05, 0) is 56.0 Å². The molecule has 0 atom stereocenters. The SMILES string of the molecule is Cc1ccc(C)c(-n2ccnc2SCC(=O)N(C)C2CCN(CCc3ccccn3)CC2)c1. The molecular formula is C26H33N5OS. The average Bonchev–Trinajstić information content (AvgIpc) is 3.31. The summed E-state index contributed by atoms with van der Waals surface area (Å²) in [6, 6.07) is 12.8. The molecule has 0 unspecified atom stereocenters. The summed E-state index contributed by atoms with van der Waals surface area (Å²) >= 11 is 1.51. The quantitative estimate of drug-likeness (QED) is 0.470. The number of carbonyl (C=O) groups excluding carboxylic acids is 1. The van der Waals surface area contributed by atoms with Gasteiger partial charge in [0.15, 0.2) is 5.16 Å². The van der Waals surface area contributed by atoms with Crippen molar-refractivity contribution in [3.8, 4) is 5.69 Å². The highest BCUT2D eigenvalue weighted by Gasteiger charge is 2.25. The number of rotatable bonds is 8. The molecule has 2 aromatic heterocycles. The fourth-order valence-electron chi connectivity index (χ4n) is 4.34. The van der Waals surface area contributed by atoms with Crippen LogP contribution in [0.15, 0.2) is 60.1 Å². The summed E-state index contributed by atoms with van der Waals surface area (Å²) in [7, 11) is 1.95. The molecule has 0 spiro atoms. The van der Waals surface area contributed by atoms with Crippen LogP contribution in [-0.4, -0.2) is 68.7 Å². The van der Waals surface area contributed by atoms with Crippen LogP contribution in [-0.2, 0) is 11.2 Å². The maximum atomic E-state index is 12.9. The Morgan fingerprint density at radius 1 is 1.12 bits per heavy atom. The third-order valence-corrected chi connectivity index (χ3v) is 7.42. The molecule has 0 radical (unpaired) electrons. The first kappa shape index (κ1) is 23.5. The van der Waals surface area contributed by atoms with Gasteiger partial charge < -0.3 is 9.80 Å². The Labute approximate surface area is 201 Å². The topological polar surface area (TPSA) is 54.3 Å². The second kappa shape index (κ2) is 11.0. The number of piperidine rings is 1. The number of carbonyl (C=O) groups is 1. The van der Waals surface area contributed by atoms with Gasteiger partial charge in [-0.15, -0.1) is 0 Å². The maximum absolute atomic E-state index is 12.9. The minimum atomic E-state index is 0.169. The molecule has 6 nitrogen and oxygen atoms in total. The van der Waals surface area contributed by atoms with Gasteiger partial charge >= 0.3 is 0 Å². The van der Waals surface area contributed by atoms with Gasteiger partial charge in [0.2, 0.25) is 5.91 Å². The standard InChI is InChI=1S/C26H33N5OS/c1-20-7-8-21(2)24(18-20)31-17-13-28-26(31)33-19-25(32)29(3)23-10-15-30(16-11-23)14-9-22-6-4-5-12-27-22/h4-8,12-13,17-18,23H,9-11,14-16,19H2,1-3H3. The molecular weight excluding hydrogens is 430 g/mol. The van der Waals surface area contributed by atoms with E-state index in [1.807, 2.05) is 36.5 Å². The lowest BCUT2D eigenvalue weighted by atomic mass is 10.0. The van der Waals surface area contributed by atoms with Gasteiger partial charge in [0.25, 0.3) is 0 Å². The van der Waals surface area contributed by atoms with Crippen molar-refractivity contribution in [1.82, 2.24) is 24.3 Å². The Hall–Kier alpha value is -2.64. The number of pyridine rings is 1. The second-order valence-electron chi connectivity index (χ2n) is 8.81. The van der Waals surface area contributed by atoms with Crippen molar-refractivity contribution in [1.29, 1.82) is 0 Å². The van der Waals surface area contributed by atoms with Gasteiger partial charge in [-0.3, -0.25) is 14.3 Å². The molecule has 174 valence electrons. The van der Waals surface area contributed by atoms with Crippen LogP contribution >= 0.6 is 11.8 Å². The van der Waals surface area contributed by atoms with E-state index in [2.05, 4.69) is 57.5 Å². The lowest BCUT2D eigenvalue weighted by molar-refractivity contribution is -0.129. The summed E-state index contributed by atoms with van der Waals surface area (Å²) in [5.74, 6) is 0.570. The molecule has 3 aromatic rings. The predicted octanol–water partition coefficient (Wildman–Crippen LogP) is 4.14. The van der Waals surface area contributed by atoms with E-state index < -0.39 is 0 Å². The van der Waals surface area contributed by atoms with E-state index in [1.165, 1.54) is 22.9 Å². The monoisotopic (exact) mass is 463 g/mol. The number of hydrogen-bond donors (Lipinski definition) is 0. The Kier molecular flexibility index (Phi) is 7.83. The molecule has 4 rings (SSSR count). The Bertz CT molecular complexity index is 1060. The number of imidazole rings is 1. The number of hydrogen-bond acceptors (Lipinski definition) is 5. The normalized spacial score (nSPS) is 15.0. The third-order valence-electron chi connectivity index (χ3n) is 6.46. The second-order valence-corrected chi connectivity index (χ2v) is 9.75. The Morgan fingerprint density at radius 3 is 2.70 bits per heavy atom. The van der Waals surface area contributed by atoms with Crippen LogP contribution in [0.4, 0.5) is 0 Å². The minimum Gasteiger partial charge on any atom is -0.342 e. The number of benzene rings is 1. The molecule has 1 aliphatic rings. The van der Waals surface area contributed by atoms with Crippen LogP contribution in [0.3, 0.4) is 0 Å². The van der Waals surface area contributed by atoms with E-state index in [1.54, 1.807) is 6.20 Å². The van der Waals surface area contributed by atoms with Crippen LogP contribution < -0.4 is 0 Å². The van der Waals surface area contributed by atoms with Gasteiger partial charge in [-0.1, -0.05) is 30.0 Å². The molecule has 0 N–H and O–H groups in total. The highest BCUT2D eigenvalue weighted by atomic mass is 32.2. The van der Waals surface area contributed by atoms with Crippen molar-refractivity contribution in [2.45, 2.75) is 44.3 Å². The molecule has 1 aromatic carbocycles. The molecule has 33 heavy (non-hydrogen) atoms. The van der Waals surface area contributed by atoms with E-state index in [4.69, 9.17) is 0 Å². The fourth-order valence-corrected chi connectivity index (χ4v) is 5.23. The molecule has 7 heteroatoms. The summed E-state index contributed by atoms with van der Waals surface area (Å²) in [4.78, 5) is 26.3. The minimum absolute atomic E-state index is 0.169. The van der Waals surface area contributed by atoms with Crippen LogP contribution in [0.1, 0.15) is 29.7 Å². The van der Waals surface area contributed by atoms with Crippen molar-refractivity contribution < 1.29 is 4.79 Å². The van der Waals surface area contributed by atoms with Gasteiger partial charge in [0, 0.05) is 63.4 Å². The van der Waals surface area contributed by atoms with Crippen LogP contribution in [0, 0.1) is 13.8 Å². The number of aromatic nitrogens is 3. The highest BCUT2D eigenvalue weighted by Crippen LogP contribution is 2.24. The summed E-state index contributed by atoms with van der Waals surface area (Å²) in [5.41, 5.74) is 4.66. The Balaban J connectivity index is 1.26. The maximum Gasteiger partial charge on any atom is 0.233 e. The van der Waals surface area contributed by atoms with Crippen LogP contribution in [0.25, 0.3) is 5.69 Å². The first-order valence-electron chi connectivity index (χ1n) is 11.6. The summed E-state index contributed by atoms with van der Waals surface area (Å²) in [5, 5.41) is 0.856. The highest BCUT2D eigenvalue weighted by molar-refractivity contribution is 7.99. The van der Waals surface area contributed by atoms with Crippen molar-refractivity contribution in [2.75, 3.05) is 32.4 Å². The molecule has 0 bridgehead atoms. The van der Waals surface area contributed by atoms with E-state index in [0.717, 1.165) is 55.4 Å². The van der Waals surface area contributed by atoms with Crippen molar-refractivity contribution in [3.63, 3.8) is 0 Å². The van der Waals surface area contributed by atoms with Crippen LogP contribution in [0.2, 0.25) is 0 Å². The lowest BCUT2D eigenvalue weighted by Crippen LogP contribution is -2.46. The zero-order valence-electron chi connectivity index (χ0n) is 19.8. The fraction of sp³-hybridized carbons (Fsp3) is 0.423. The number of likely N-dealkylation sites (tertiary alicyclic amines) is 1. The van der Waals surface area contributed by atoms with Gasteiger partial charge in [0.05, 0.1) is 11.4 Å². The lowest BCUT2D eigenvalue weighted by Gasteiger charge is -2.36. The number of thioether (sulfide) groups is 1. The molecule has 1 fully saturated rings. The van der Waals surface area contributed by atoms with Gasteiger partial charge in [-0.25, -0.2) is 4.98 Å². The number of nitrogens with zero attached hydrogens (tertiary/aromatic N) is 5. The number of amides is 1. The third kappa shape index (κ3) is 6.03. The first-order chi connectivity index (χ1) is 16.0. The summed E-state index contributed by atoms with van der Waals surface area (Å²) in [6.45, 7) is 7.27. The summed E-state index contributed by atoms with van der Waals surface area (Å²) in [6.07, 6.45) is 8.65. The van der Waals surface area contributed by atoms with Gasteiger partial charge in [-0.2, -0.15) is 0 Å². The zero-order chi connectivity index (χ0) is 23.2. The molecule has 1 saturated heterocycles. The van der Waals surface area contributed by atoms with E-state index >= 15 is 0 Å². The van der Waals surface area contributed by atoms with Crippen molar-refractivity contribution in [2.24, 2.45) is 0 Å².